The zero-order chi connectivity index (χ0) is 13.0. The number of nitrogens with zero attached hydrogens (tertiary/aromatic N) is 1. The number of likely N-dealkylation sites (tertiary alicyclic amines) is 1. The van der Waals surface area contributed by atoms with Crippen molar-refractivity contribution in [2.75, 3.05) is 32.8 Å². The summed E-state index contributed by atoms with van der Waals surface area (Å²) in [4.78, 5) is 2.51. The SMILES string of the molecule is FC(F)(F)COCCCNC1CCN(C2CC2)C1. The molecule has 1 heterocycles. The fourth-order valence-electron chi connectivity index (χ4n) is 2.39. The highest BCUT2D eigenvalue weighted by molar-refractivity contribution is 4.91. The van der Waals surface area contributed by atoms with Gasteiger partial charge in [0.05, 0.1) is 0 Å². The third kappa shape index (κ3) is 5.12. The predicted molar refractivity (Wildman–Crippen MR) is 62.5 cm³/mol. The van der Waals surface area contributed by atoms with Crippen molar-refractivity contribution in [1.29, 1.82) is 0 Å². The number of hydrogen-bond donors (Lipinski definition) is 1. The molecule has 0 aromatic carbocycles. The van der Waals surface area contributed by atoms with E-state index < -0.39 is 12.8 Å². The normalized spacial score (nSPS) is 25.8. The number of rotatable bonds is 7. The van der Waals surface area contributed by atoms with E-state index in [2.05, 4.69) is 15.0 Å². The van der Waals surface area contributed by atoms with Crippen molar-refractivity contribution in [3.8, 4) is 0 Å². The Hall–Kier alpha value is -0.330. The largest absolute Gasteiger partial charge is 0.411 e. The summed E-state index contributed by atoms with van der Waals surface area (Å²) in [7, 11) is 0. The molecule has 0 aromatic heterocycles. The molecule has 1 aliphatic carbocycles. The molecule has 1 atom stereocenters. The Kier molecular flexibility index (Phi) is 4.86. The molecule has 6 heteroatoms. The zero-order valence-electron chi connectivity index (χ0n) is 10.5. The summed E-state index contributed by atoms with van der Waals surface area (Å²) in [6, 6.07) is 1.32. The Balaban J connectivity index is 1.44. The fourth-order valence-corrected chi connectivity index (χ4v) is 2.39. The highest BCUT2D eigenvalue weighted by Gasteiger charge is 2.34. The van der Waals surface area contributed by atoms with Crippen LogP contribution in [0, 0.1) is 0 Å². The van der Waals surface area contributed by atoms with Crippen LogP contribution in [0.4, 0.5) is 13.2 Å². The summed E-state index contributed by atoms with van der Waals surface area (Å²) in [5, 5.41) is 3.39. The quantitative estimate of drug-likeness (QED) is 0.711. The zero-order valence-corrected chi connectivity index (χ0v) is 10.5. The Morgan fingerprint density at radius 2 is 2.00 bits per heavy atom. The molecule has 2 rings (SSSR count). The number of hydrogen-bond acceptors (Lipinski definition) is 3. The molecule has 2 fully saturated rings. The lowest BCUT2D eigenvalue weighted by atomic mass is 10.2. The van der Waals surface area contributed by atoms with Crippen molar-refractivity contribution in [1.82, 2.24) is 10.2 Å². The van der Waals surface area contributed by atoms with Gasteiger partial charge in [-0.2, -0.15) is 13.2 Å². The Bertz CT molecular complexity index is 256. The average molecular weight is 266 g/mol. The van der Waals surface area contributed by atoms with Crippen LogP contribution >= 0.6 is 0 Å². The van der Waals surface area contributed by atoms with Gasteiger partial charge in [-0.05, 0) is 32.2 Å². The molecule has 1 N–H and O–H groups in total. The molecule has 0 amide bonds. The van der Waals surface area contributed by atoms with Gasteiger partial charge in [-0.1, -0.05) is 0 Å². The number of ether oxygens (including phenoxy) is 1. The first-order chi connectivity index (χ1) is 8.54. The molecule has 106 valence electrons. The highest BCUT2D eigenvalue weighted by Crippen LogP contribution is 2.29. The summed E-state index contributed by atoms with van der Waals surface area (Å²) in [5.74, 6) is 0. The fraction of sp³-hybridized carbons (Fsp3) is 1.00. The second-order valence-electron chi connectivity index (χ2n) is 5.19. The third-order valence-corrected chi connectivity index (χ3v) is 3.45. The predicted octanol–water partition coefficient (Wildman–Crippen LogP) is 1.78. The molecule has 1 unspecified atom stereocenters. The molecule has 0 radical (unpaired) electrons. The van der Waals surface area contributed by atoms with Crippen LogP contribution < -0.4 is 5.32 Å². The highest BCUT2D eigenvalue weighted by atomic mass is 19.4. The second-order valence-corrected chi connectivity index (χ2v) is 5.19. The van der Waals surface area contributed by atoms with Gasteiger partial charge in [-0.3, -0.25) is 4.90 Å². The maximum absolute atomic E-state index is 11.8. The lowest BCUT2D eigenvalue weighted by Crippen LogP contribution is -2.34. The maximum atomic E-state index is 11.8. The first-order valence-electron chi connectivity index (χ1n) is 6.66. The van der Waals surface area contributed by atoms with Crippen LogP contribution in [0.15, 0.2) is 0 Å². The number of halogens is 3. The van der Waals surface area contributed by atoms with Crippen LogP contribution in [0.3, 0.4) is 0 Å². The van der Waals surface area contributed by atoms with Crippen LogP contribution in [0.5, 0.6) is 0 Å². The van der Waals surface area contributed by atoms with E-state index in [1.165, 1.54) is 12.8 Å². The summed E-state index contributed by atoms with van der Waals surface area (Å²) >= 11 is 0. The standard InChI is InChI=1S/C12H21F3N2O/c13-12(14,15)9-18-7-1-5-16-10-4-6-17(8-10)11-2-3-11/h10-11,16H,1-9H2. The maximum Gasteiger partial charge on any atom is 0.411 e. The lowest BCUT2D eigenvalue weighted by molar-refractivity contribution is -0.173. The van der Waals surface area contributed by atoms with Gasteiger partial charge in [0.1, 0.15) is 6.61 Å². The first-order valence-corrected chi connectivity index (χ1v) is 6.66. The molecular formula is C12H21F3N2O. The van der Waals surface area contributed by atoms with Gasteiger partial charge in [0.15, 0.2) is 0 Å². The van der Waals surface area contributed by atoms with E-state index in [1.807, 2.05) is 0 Å². The van der Waals surface area contributed by atoms with Crippen molar-refractivity contribution >= 4 is 0 Å². The minimum atomic E-state index is -4.20. The molecule has 1 aliphatic heterocycles. The van der Waals surface area contributed by atoms with E-state index in [1.54, 1.807) is 0 Å². The minimum Gasteiger partial charge on any atom is -0.372 e. The van der Waals surface area contributed by atoms with Crippen LogP contribution in [-0.4, -0.2) is 56.0 Å². The molecule has 0 bridgehead atoms. The van der Waals surface area contributed by atoms with Crippen LogP contribution in [0.2, 0.25) is 0 Å². The van der Waals surface area contributed by atoms with Crippen LogP contribution in [-0.2, 0) is 4.74 Å². The van der Waals surface area contributed by atoms with Gasteiger partial charge in [0.2, 0.25) is 0 Å². The smallest absolute Gasteiger partial charge is 0.372 e. The van der Waals surface area contributed by atoms with Crippen molar-refractivity contribution in [3.63, 3.8) is 0 Å². The topological polar surface area (TPSA) is 24.5 Å². The monoisotopic (exact) mass is 266 g/mol. The first kappa shape index (κ1) is 14.1. The van der Waals surface area contributed by atoms with E-state index >= 15 is 0 Å². The van der Waals surface area contributed by atoms with Gasteiger partial charge >= 0.3 is 6.18 Å². The number of alkyl halides is 3. The van der Waals surface area contributed by atoms with E-state index in [4.69, 9.17) is 0 Å². The van der Waals surface area contributed by atoms with Gasteiger partial charge in [-0.15, -0.1) is 0 Å². The molecule has 3 nitrogen and oxygen atoms in total. The Labute approximate surface area is 106 Å². The molecule has 0 spiro atoms. The van der Waals surface area contributed by atoms with Gasteiger partial charge < -0.3 is 10.1 Å². The second kappa shape index (κ2) is 6.21. The Morgan fingerprint density at radius 3 is 2.67 bits per heavy atom. The van der Waals surface area contributed by atoms with Gasteiger partial charge in [0, 0.05) is 31.8 Å². The molecule has 0 aromatic rings. The van der Waals surface area contributed by atoms with Crippen LogP contribution in [0.1, 0.15) is 25.7 Å². The van der Waals surface area contributed by atoms with Crippen molar-refractivity contribution < 1.29 is 17.9 Å². The minimum absolute atomic E-state index is 0.172. The van der Waals surface area contributed by atoms with Crippen molar-refractivity contribution in [2.45, 2.75) is 43.9 Å². The molecule has 1 saturated heterocycles. The molecular weight excluding hydrogens is 245 g/mol. The lowest BCUT2D eigenvalue weighted by Gasteiger charge is -2.15. The summed E-state index contributed by atoms with van der Waals surface area (Å²) in [6.07, 6.45) is 0.246. The van der Waals surface area contributed by atoms with E-state index in [-0.39, 0.29) is 6.61 Å². The molecule has 2 aliphatic rings. The molecule has 18 heavy (non-hydrogen) atoms. The van der Waals surface area contributed by atoms with E-state index in [0.29, 0.717) is 12.5 Å². The average Bonchev–Trinajstić information content (AvgIpc) is 3.03. The van der Waals surface area contributed by atoms with E-state index in [9.17, 15) is 13.2 Å². The molecule has 1 saturated carbocycles. The summed E-state index contributed by atoms with van der Waals surface area (Å²) in [5.41, 5.74) is 0. The van der Waals surface area contributed by atoms with Crippen LogP contribution in [0.25, 0.3) is 0 Å². The van der Waals surface area contributed by atoms with Gasteiger partial charge in [-0.25, -0.2) is 0 Å². The van der Waals surface area contributed by atoms with Gasteiger partial charge in [0.25, 0.3) is 0 Å². The number of nitrogens with one attached hydrogen (secondary N) is 1. The van der Waals surface area contributed by atoms with Crippen molar-refractivity contribution in [2.24, 2.45) is 0 Å². The van der Waals surface area contributed by atoms with Crippen molar-refractivity contribution in [3.05, 3.63) is 0 Å². The summed E-state index contributed by atoms with van der Waals surface area (Å²) in [6.45, 7) is 2.03. The Morgan fingerprint density at radius 1 is 1.22 bits per heavy atom. The third-order valence-electron chi connectivity index (χ3n) is 3.45. The van der Waals surface area contributed by atoms with E-state index in [0.717, 1.165) is 32.1 Å². The summed E-state index contributed by atoms with van der Waals surface area (Å²) < 4.78 is 39.9.